The number of hydrogen-bond donors (Lipinski definition) is 1. The Morgan fingerprint density at radius 3 is 2.46 bits per heavy atom. The molecule has 1 N–H and O–H groups in total. The maximum absolute atomic E-state index is 9.55. The number of aromatic hydroxyl groups is 1. The van der Waals surface area contributed by atoms with Crippen molar-refractivity contribution in [2.24, 2.45) is 0 Å². The zero-order valence-corrected chi connectivity index (χ0v) is 16.0. The topological polar surface area (TPSA) is 41.9 Å². The molecular weight excluding hydrogens is 370 g/mol. The highest BCUT2D eigenvalue weighted by molar-refractivity contribution is 7.20. The molecule has 1 aliphatic rings. The minimum absolute atomic E-state index is 0. The summed E-state index contributed by atoms with van der Waals surface area (Å²) in [7, 11) is 0. The summed E-state index contributed by atoms with van der Waals surface area (Å²) in [6.07, 6.45) is 2.62. The minimum Gasteiger partial charge on any atom is -0.508 e. The van der Waals surface area contributed by atoms with Crippen LogP contribution in [0.15, 0.2) is 48.5 Å². The second-order valence-electron chi connectivity index (χ2n) is 6.26. The highest BCUT2D eigenvalue weighted by atomic mass is 35.5. The first kappa shape index (κ1) is 18.8. The number of ether oxygens (including phenoxy) is 2. The number of fused-ring (bicyclic) bond motifs is 1. The zero-order valence-electron chi connectivity index (χ0n) is 14.4. The van der Waals surface area contributed by atoms with Gasteiger partial charge in [0.1, 0.15) is 23.9 Å². The van der Waals surface area contributed by atoms with E-state index in [0.29, 0.717) is 0 Å². The number of likely N-dealkylation sites (tertiary alicyclic amines) is 1. The summed E-state index contributed by atoms with van der Waals surface area (Å²) in [6.45, 7) is 4.11. The molecule has 26 heavy (non-hydrogen) atoms. The first-order valence-electron chi connectivity index (χ1n) is 8.62. The number of hydrogen-bond acceptors (Lipinski definition) is 5. The van der Waals surface area contributed by atoms with Crippen LogP contribution in [0.4, 0.5) is 0 Å². The van der Waals surface area contributed by atoms with E-state index < -0.39 is 0 Å². The second kappa shape index (κ2) is 8.62. The number of thiophene rings is 1. The van der Waals surface area contributed by atoms with Crippen molar-refractivity contribution in [2.75, 3.05) is 26.2 Å². The van der Waals surface area contributed by atoms with Crippen LogP contribution in [-0.4, -0.2) is 36.2 Å². The quantitative estimate of drug-likeness (QED) is 0.619. The van der Waals surface area contributed by atoms with Gasteiger partial charge in [0.05, 0.1) is 0 Å². The maximum Gasteiger partial charge on any atom is 0.182 e. The normalized spacial score (nSPS) is 14.3. The second-order valence-corrected chi connectivity index (χ2v) is 7.30. The Labute approximate surface area is 163 Å². The molecule has 1 aromatic heterocycles. The summed E-state index contributed by atoms with van der Waals surface area (Å²) < 4.78 is 12.7. The standard InChI is InChI=1S/C20H21NO3S.ClH/c22-16-4-3-15-13-20(25-19(15)14-16)24-18-7-5-17(6-8-18)23-12-11-21-9-1-2-10-21;/h3-8,13-14,22H,1-2,9-12H2;1H. The van der Waals surface area contributed by atoms with E-state index in [2.05, 4.69) is 4.90 Å². The Balaban J connectivity index is 0.00000196. The Kier molecular flexibility index (Phi) is 6.25. The molecular formula is C20H22ClNO3S. The smallest absolute Gasteiger partial charge is 0.182 e. The van der Waals surface area contributed by atoms with E-state index in [9.17, 15) is 5.11 Å². The van der Waals surface area contributed by atoms with Crippen molar-refractivity contribution in [3.05, 3.63) is 48.5 Å². The van der Waals surface area contributed by atoms with Crippen LogP contribution in [0.3, 0.4) is 0 Å². The number of nitrogens with zero attached hydrogens (tertiary/aromatic N) is 1. The third-order valence-electron chi connectivity index (χ3n) is 4.40. The fourth-order valence-electron chi connectivity index (χ4n) is 3.06. The van der Waals surface area contributed by atoms with Gasteiger partial charge in [0.25, 0.3) is 0 Å². The highest BCUT2D eigenvalue weighted by Gasteiger charge is 2.11. The van der Waals surface area contributed by atoms with Crippen molar-refractivity contribution in [1.82, 2.24) is 4.90 Å². The predicted octanol–water partition coefficient (Wildman–Crippen LogP) is 5.30. The highest BCUT2D eigenvalue weighted by Crippen LogP contribution is 2.36. The molecule has 6 heteroatoms. The summed E-state index contributed by atoms with van der Waals surface area (Å²) in [5.41, 5.74) is 0. The van der Waals surface area contributed by atoms with Crippen molar-refractivity contribution in [1.29, 1.82) is 0 Å². The maximum atomic E-state index is 9.55. The lowest BCUT2D eigenvalue weighted by Gasteiger charge is -2.15. The number of rotatable bonds is 6. The molecule has 2 aromatic carbocycles. The van der Waals surface area contributed by atoms with Crippen LogP contribution in [0.5, 0.6) is 22.3 Å². The zero-order chi connectivity index (χ0) is 17.1. The van der Waals surface area contributed by atoms with Gasteiger partial charge in [-0.1, -0.05) is 11.3 Å². The number of halogens is 1. The van der Waals surface area contributed by atoms with Crippen molar-refractivity contribution in [3.8, 4) is 22.3 Å². The van der Waals surface area contributed by atoms with Crippen LogP contribution in [0.1, 0.15) is 12.8 Å². The van der Waals surface area contributed by atoms with Crippen molar-refractivity contribution in [2.45, 2.75) is 12.8 Å². The molecule has 4 nitrogen and oxygen atoms in total. The van der Waals surface area contributed by atoms with Crippen LogP contribution in [0.25, 0.3) is 10.1 Å². The Morgan fingerprint density at radius 2 is 1.69 bits per heavy atom. The van der Waals surface area contributed by atoms with Crippen LogP contribution in [0, 0.1) is 0 Å². The van der Waals surface area contributed by atoms with Crippen molar-refractivity contribution >= 4 is 33.8 Å². The van der Waals surface area contributed by atoms with Gasteiger partial charge in [-0.15, -0.1) is 12.4 Å². The molecule has 2 heterocycles. The molecule has 1 aliphatic heterocycles. The van der Waals surface area contributed by atoms with Gasteiger partial charge in [-0.05, 0) is 73.8 Å². The molecule has 0 saturated carbocycles. The molecule has 0 aliphatic carbocycles. The molecule has 0 radical (unpaired) electrons. The third kappa shape index (κ3) is 4.61. The summed E-state index contributed by atoms with van der Waals surface area (Å²) in [4.78, 5) is 2.44. The van der Waals surface area contributed by atoms with E-state index in [1.54, 1.807) is 12.1 Å². The molecule has 0 atom stereocenters. The minimum atomic E-state index is 0. The number of phenolic OH excluding ortho intramolecular Hbond substituents is 1. The van der Waals surface area contributed by atoms with Crippen LogP contribution >= 0.6 is 23.7 Å². The van der Waals surface area contributed by atoms with Crippen LogP contribution < -0.4 is 9.47 Å². The number of benzene rings is 2. The summed E-state index contributed by atoms with van der Waals surface area (Å²) in [6, 6.07) is 15.1. The predicted molar refractivity (Wildman–Crippen MR) is 108 cm³/mol. The Bertz CT molecular complexity index is 844. The first-order chi connectivity index (χ1) is 12.3. The van der Waals surface area contributed by atoms with Gasteiger partial charge < -0.3 is 14.6 Å². The molecule has 0 spiro atoms. The van der Waals surface area contributed by atoms with Gasteiger partial charge in [-0.25, -0.2) is 0 Å². The van der Waals surface area contributed by atoms with E-state index in [0.717, 1.165) is 39.8 Å². The molecule has 3 aromatic rings. The van der Waals surface area contributed by atoms with Gasteiger partial charge in [0.2, 0.25) is 0 Å². The lowest BCUT2D eigenvalue weighted by atomic mass is 10.2. The van der Waals surface area contributed by atoms with E-state index >= 15 is 0 Å². The molecule has 0 amide bonds. The molecule has 0 bridgehead atoms. The van der Waals surface area contributed by atoms with Gasteiger partial charge in [-0.2, -0.15) is 0 Å². The molecule has 1 saturated heterocycles. The van der Waals surface area contributed by atoms with Crippen LogP contribution in [-0.2, 0) is 0 Å². The fraction of sp³-hybridized carbons (Fsp3) is 0.300. The van der Waals surface area contributed by atoms with E-state index in [1.165, 1.54) is 37.3 Å². The Hall–Kier alpha value is -1.95. The van der Waals surface area contributed by atoms with Gasteiger partial charge in [0.15, 0.2) is 5.06 Å². The summed E-state index contributed by atoms with van der Waals surface area (Å²) in [5.74, 6) is 1.92. The lowest BCUT2D eigenvalue weighted by molar-refractivity contribution is 0.237. The first-order valence-corrected chi connectivity index (χ1v) is 9.43. The molecule has 0 unspecified atom stereocenters. The van der Waals surface area contributed by atoms with Crippen molar-refractivity contribution < 1.29 is 14.6 Å². The molecule has 138 valence electrons. The molecule has 1 fully saturated rings. The third-order valence-corrected chi connectivity index (χ3v) is 5.37. The average Bonchev–Trinajstić information content (AvgIpc) is 3.25. The fourth-order valence-corrected chi connectivity index (χ4v) is 4.03. The van der Waals surface area contributed by atoms with Crippen molar-refractivity contribution in [3.63, 3.8) is 0 Å². The summed E-state index contributed by atoms with van der Waals surface area (Å²) in [5, 5.41) is 11.4. The van der Waals surface area contributed by atoms with E-state index in [1.807, 2.05) is 36.4 Å². The number of phenols is 1. The Morgan fingerprint density at radius 1 is 0.962 bits per heavy atom. The van der Waals surface area contributed by atoms with Gasteiger partial charge in [-0.3, -0.25) is 4.90 Å². The average molecular weight is 392 g/mol. The van der Waals surface area contributed by atoms with Gasteiger partial charge >= 0.3 is 0 Å². The summed E-state index contributed by atoms with van der Waals surface area (Å²) >= 11 is 1.52. The van der Waals surface area contributed by atoms with Crippen LogP contribution in [0.2, 0.25) is 0 Å². The van der Waals surface area contributed by atoms with Gasteiger partial charge in [0, 0.05) is 17.3 Å². The monoisotopic (exact) mass is 391 g/mol. The SMILES string of the molecule is Cl.Oc1ccc2cc(Oc3ccc(OCCN4CCCC4)cc3)sc2c1. The lowest BCUT2D eigenvalue weighted by Crippen LogP contribution is -2.25. The largest absolute Gasteiger partial charge is 0.508 e. The van der Waals surface area contributed by atoms with E-state index in [4.69, 9.17) is 9.47 Å². The van der Waals surface area contributed by atoms with E-state index in [-0.39, 0.29) is 18.2 Å². The molecule has 4 rings (SSSR count).